The number of aliphatic hydroxyl groups is 1. The molecule has 0 aromatic heterocycles. The minimum absolute atomic E-state index is 0.00920. The highest BCUT2D eigenvalue weighted by molar-refractivity contribution is 6.32. The molecule has 1 rings (SSSR count). The van der Waals surface area contributed by atoms with E-state index in [0.717, 1.165) is 0 Å². The first-order chi connectivity index (χ1) is 7.02. The molecule has 1 aromatic carbocycles. The van der Waals surface area contributed by atoms with Gasteiger partial charge in [-0.25, -0.2) is 0 Å². The van der Waals surface area contributed by atoms with Crippen molar-refractivity contribution in [2.45, 2.75) is 13.0 Å². The van der Waals surface area contributed by atoms with Gasteiger partial charge in [0.15, 0.2) is 0 Å². The molecule has 0 bridgehead atoms. The summed E-state index contributed by atoms with van der Waals surface area (Å²) in [5.41, 5.74) is -0.205. The van der Waals surface area contributed by atoms with Crippen molar-refractivity contribution in [2.75, 3.05) is 6.61 Å². The summed E-state index contributed by atoms with van der Waals surface area (Å²) in [6.45, 7) is 1.48. The summed E-state index contributed by atoms with van der Waals surface area (Å²) >= 11 is 5.75. The van der Waals surface area contributed by atoms with Crippen molar-refractivity contribution in [3.63, 3.8) is 0 Å². The van der Waals surface area contributed by atoms with E-state index in [-0.39, 0.29) is 23.1 Å². The van der Waals surface area contributed by atoms with Gasteiger partial charge in [-0.05, 0) is 13.0 Å². The van der Waals surface area contributed by atoms with E-state index in [4.69, 9.17) is 21.4 Å². The average Bonchev–Trinajstić information content (AvgIpc) is 2.15. The Bertz CT molecular complexity index is 367. The molecule has 0 fully saturated rings. The molecule has 0 aliphatic carbocycles. The summed E-state index contributed by atoms with van der Waals surface area (Å²) in [4.78, 5) is 10.0. The first kappa shape index (κ1) is 11.7. The van der Waals surface area contributed by atoms with Crippen LogP contribution in [0.5, 0.6) is 5.75 Å². The summed E-state index contributed by atoms with van der Waals surface area (Å²) in [6.07, 6.45) is -0.708. The van der Waals surface area contributed by atoms with Gasteiger partial charge in [0, 0.05) is 6.07 Å². The number of halogens is 1. The summed E-state index contributed by atoms with van der Waals surface area (Å²) < 4.78 is 5.07. The lowest BCUT2D eigenvalue weighted by Gasteiger charge is -2.09. The van der Waals surface area contributed by atoms with Gasteiger partial charge in [0.25, 0.3) is 0 Å². The van der Waals surface area contributed by atoms with Gasteiger partial charge in [-0.3, -0.25) is 10.1 Å². The van der Waals surface area contributed by atoms with Crippen LogP contribution in [0.15, 0.2) is 18.2 Å². The minimum Gasteiger partial charge on any atom is -0.483 e. The van der Waals surface area contributed by atoms with Crippen molar-refractivity contribution in [1.29, 1.82) is 0 Å². The zero-order valence-corrected chi connectivity index (χ0v) is 8.77. The fraction of sp³-hybridized carbons (Fsp3) is 0.333. The summed E-state index contributed by atoms with van der Waals surface area (Å²) in [6, 6.07) is 4.25. The number of benzene rings is 1. The monoisotopic (exact) mass is 231 g/mol. The zero-order chi connectivity index (χ0) is 11.4. The Morgan fingerprint density at radius 1 is 1.67 bits per heavy atom. The molecule has 15 heavy (non-hydrogen) atoms. The molecule has 0 unspecified atom stereocenters. The van der Waals surface area contributed by atoms with E-state index in [1.54, 1.807) is 0 Å². The fourth-order valence-corrected chi connectivity index (χ4v) is 1.21. The highest BCUT2D eigenvalue weighted by atomic mass is 35.5. The van der Waals surface area contributed by atoms with E-state index in [9.17, 15) is 10.1 Å². The van der Waals surface area contributed by atoms with Crippen molar-refractivity contribution in [1.82, 2.24) is 0 Å². The lowest BCUT2D eigenvalue weighted by Crippen LogP contribution is -2.13. The van der Waals surface area contributed by atoms with E-state index < -0.39 is 11.0 Å². The standard InChI is InChI=1S/C9H10ClNO4/c1-6(12)5-15-9-7(10)3-2-4-8(9)11(13)14/h2-4,6,12H,5H2,1H3/t6-/m1/s1. The van der Waals surface area contributed by atoms with Crippen molar-refractivity contribution in [3.05, 3.63) is 33.3 Å². The highest BCUT2D eigenvalue weighted by Crippen LogP contribution is 2.34. The van der Waals surface area contributed by atoms with E-state index >= 15 is 0 Å². The number of nitro benzene ring substituents is 1. The number of ether oxygens (including phenoxy) is 1. The van der Waals surface area contributed by atoms with Crippen molar-refractivity contribution in [2.24, 2.45) is 0 Å². The van der Waals surface area contributed by atoms with Crippen LogP contribution in [0.2, 0.25) is 5.02 Å². The Kier molecular flexibility index (Phi) is 3.88. The van der Waals surface area contributed by atoms with Crippen molar-refractivity contribution >= 4 is 17.3 Å². The van der Waals surface area contributed by atoms with E-state index in [1.807, 2.05) is 0 Å². The van der Waals surface area contributed by atoms with Crippen molar-refractivity contribution < 1.29 is 14.8 Å². The number of hydrogen-bond acceptors (Lipinski definition) is 4. The smallest absolute Gasteiger partial charge is 0.312 e. The Labute approximate surface area is 91.4 Å². The second-order valence-corrected chi connectivity index (χ2v) is 3.41. The molecule has 1 aromatic rings. The summed E-state index contributed by atoms with van der Waals surface area (Å²) in [5.74, 6) is -0.00920. The Morgan fingerprint density at radius 2 is 2.33 bits per heavy atom. The zero-order valence-electron chi connectivity index (χ0n) is 8.01. The van der Waals surface area contributed by atoms with E-state index in [1.165, 1.54) is 25.1 Å². The predicted octanol–water partition coefficient (Wildman–Crippen LogP) is 2.01. The largest absolute Gasteiger partial charge is 0.483 e. The number of aliphatic hydroxyl groups excluding tert-OH is 1. The highest BCUT2D eigenvalue weighted by Gasteiger charge is 2.18. The van der Waals surface area contributed by atoms with Crippen LogP contribution < -0.4 is 4.74 Å². The minimum atomic E-state index is -0.708. The lowest BCUT2D eigenvalue weighted by molar-refractivity contribution is -0.385. The van der Waals surface area contributed by atoms with Gasteiger partial charge in [-0.1, -0.05) is 17.7 Å². The van der Waals surface area contributed by atoms with Gasteiger partial charge in [-0.2, -0.15) is 0 Å². The van der Waals surface area contributed by atoms with Gasteiger partial charge >= 0.3 is 5.69 Å². The summed E-state index contributed by atoms with van der Waals surface area (Å²) in [7, 11) is 0. The SMILES string of the molecule is C[C@@H](O)COc1c(Cl)cccc1[N+](=O)[O-]. The fourth-order valence-electron chi connectivity index (χ4n) is 0.988. The van der Waals surface area contributed by atoms with Crippen LogP contribution in [0.4, 0.5) is 5.69 Å². The second kappa shape index (κ2) is 4.95. The van der Waals surface area contributed by atoms with Crippen LogP contribution in [-0.4, -0.2) is 22.7 Å². The maximum atomic E-state index is 10.6. The van der Waals surface area contributed by atoms with Gasteiger partial charge < -0.3 is 9.84 Å². The maximum absolute atomic E-state index is 10.6. The number of hydrogen-bond donors (Lipinski definition) is 1. The molecule has 0 saturated carbocycles. The number of nitro groups is 1. The Hall–Kier alpha value is -1.33. The first-order valence-corrected chi connectivity index (χ1v) is 4.64. The second-order valence-electron chi connectivity index (χ2n) is 3.01. The first-order valence-electron chi connectivity index (χ1n) is 4.26. The van der Waals surface area contributed by atoms with Crippen LogP contribution in [0.25, 0.3) is 0 Å². The van der Waals surface area contributed by atoms with Crippen LogP contribution in [-0.2, 0) is 0 Å². The Morgan fingerprint density at radius 3 is 2.87 bits per heavy atom. The molecule has 82 valence electrons. The lowest BCUT2D eigenvalue weighted by atomic mass is 10.3. The number of nitrogens with zero attached hydrogens (tertiary/aromatic N) is 1. The van der Waals surface area contributed by atoms with Crippen LogP contribution in [0.3, 0.4) is 0 Å². The molecule has 5 nitrogen and oxygen atoms in total. The molecule has 0 aliphatic rings. The average molecular weight is 232 g/mol. The molecule has 0 radical (unpaired) electrons. The third-order valence-corrected chi connectivity index (χ3v) is 1.91. The molecule has 1 atom stereocenters. The molecule has 0 spiro atoms. The molecule has 0 amide bonds. The van der Waals surface area contributed by atoms with Crippen LogP contribution >= 0.6 is 11.6 Å². The van der Waals surface area contributed by atoms with Crippen LogP contribution in [0, 0.1) is 10.1 Å². The quantitative estimate of drug-likeness (QED) is 0.636. The van der Waals surface area contributed by atoms with E-state index in [2.05, 4.69) is 0 Å². The maximum Gasteiger partial charge on any atom is 0.312 e. The third-order valence-electron chi connectivity index (χ3n) is 1.61. The van der Waals surface area contributed by atoms with Gasteiger partial charge in [0.05, 0.1) is 16.0 Å². The molecule has 6 heteroatoms. The van der Waals surface area contributed by atoms with E-state index in [0.29, 0.717) is 0 Å². The van der Waals surface area contributed by atoms with Crippen LogP contribution in [0.1, 0.15) is 6.92 Å². The molecular formula is C9H10ClNO4. The van der Waals surface area contributed by atoms with Gasteiger partial charge in [0.2, 0.25) is 5.75 Å². The third kappa shape index (κ3) is 3.07. The molecule has 1 N–H and O–H groups in total. The van der Waals surface area contributed by atoms with Gasteiger partial charge in [0.1, 0.15) is 6.61 Å². The van der Waals surface area contributed by atoms with Gasteiger partial charge in [-0.15, -0.1) is 0 Å². The normalized spacial score (nSPS) is 12.2. The van der Waals surface area contributed by atoms with Crippen molar-refractivity contribution in [3.8, 4) is 5.75 Å². The number of rotatable bonds is 4. The topological polar surface area (TPSA) is 72.6 Å². The predicted molar refractivity (Wildman–Crippen MR) is 55.3 cm³/mol. The summed E-state index contributed by atoms with van der Waals surface area (Å²) in [5, 5.41) is 19.8. The number of para-hydroxylation sites is 1. The Balaban J connectivity index is 2.97. The molecule has 0 saturated heterocycles. The molecular weight excluding hydrogens is 222 g/mol. The molecule has 0 heterocycles. The molecule has 0 aliphatic heterocycles.